The third-order valence-electron chi connectivity index (χ3n) is 3.66. The molecule has 0 bridgehead atoms. The average Bonchev–Trinajstić information content (AvgIpc) is 2.81. The van der Waals surface area contributed by atoms with E-state index in [-0.39, 0.29) is 0 Å². The van der Waals surface area contributed by atoms with Crippen LogP contribution < -0.4 is 10.6 Å². The van der Waals surface area contributed by atoms with Crippen molar-refractivity contribution in [3.8, 4) is 5.69 Å². The summed E-state index contributed by atoms with van der Waals surface area (Å²) in [5, 5.41) is 3.55. The Morgan fingerprint density at radius 3 is 2.45 bits per heavy atom. The first-order valence-electron chi connectivity index (χ1n) is 6.74. The van der Waals surface area contributed by atoms with Crippen molar-refractivity contribution in [3.05, 3.63) is 76.5 Å². The molecular formula is C19H13N. The molecule has 1 aliphatic carbocycles. The molecule has 1 aliphatic rings. The molecular weight excluding hydrogens is 242 g/mol. The van der Waals surface area contributed by atoms with Crippen molar-refractivity contribution in [3.63, 3.8) is 0 Å². The molecule has 1 aromatic heterocycles. The van der Waals surface area contributed by atoms with E-state index in [1.165, 1.54) is 21.9 Å². The third-order valence-corrected chi connectivity index (χ3v) is 3.66. The largest absolute Gasteiger partial charge is 0.309 e. The molecule has 0 amide bonds. The second-order valence-corrected chi connectivity index (χ2v) is 5.03. The molecule has 0 spiro atoms. The monoisotopic (exact) mass is 255 g/mol. The van der Waals surface area contributed by atoms with Crippen LogP contribution in [0.2, 0.25) is 0 Å². The lowest BCUT2D eigenvalue weighted by Crippen LogP contribution is -2.28. The molecule has 94 valence electrons. The quantitative estimate of drug-likeness (QED) is 0.589. The van der Waals surface area contributed by atoms with Crippen LogP contribution in [0.15, 0.2) is 65.9 Å². The molecule has 0 saturated carbocycles. The van der Waals surface area contributed by atoms with Gasteiger partial charge in [-0.1, -0.05) is 47.9 Å². The molecule has 0 atom stereocenters. The van der Waals surface area contributed by atoms with E-state index in [9.17, 15) is 0 Å². The van der Waals surface area contributed by atoms with E-state index in [4.69, 9.17) is 0 Å². The normalized spacial score (nSPS) is 12.6. The van der Waals surface area contributed by atoms with E-state index >= 15 is 0 Å². The number of allylic oxidation sites excluding steroid dienone is 1. The van der Waals surface area contributed by atoms with Crippen LogP contribution in [0, 0.1) is 0 Å². The fraction of sp³-hybridized carbons (Fsp3) is 0.0526. The molecule has 3 aromatic rings. The van der Waals surface area contributed by atoms with Crippen LogP contribution in [-0.4, -0.2) is 4.57 Å². The molecule has 20 heavy (non-hydrogen) atoms. The third kappa shape index (κ3) is 1.52. The highest BCUT2D eigenvalue weighted by atomic mass is 15.0. The standard InChI is InChI=1S/C19H13N/c1-14-11-12-17-16-9-5-6-10-18(16)20(19(17)13-14)15-7-3-2-4-8-15/h2-10,13H,1H3. The molecule has 0 aliphatic heterocycles. The van der Waals surface area contributed by atoms with E-state index in [0.29, 0.717) is 0 Å². The van der Waals surface area contributed by atoms with E-state index in [1.807, 2.05) is 6.07 Å². The van der Waals surface area contributed by atoms with Crippen LogP contribution in [0.4, 0.5) is 0 Å². The molecule has 1 nitrogen and oxygen atoms in total. The Labute approximate surface area is 117 Å². The van der Waals surface area contributed by atoms with Gasteiger partial charge in [-0.05, 0) is 31.2 Å². The minimum Gasteiger partial charge on any atom is -0.309 e. The van der Waals surface area contributed by atoms with Crippen molar-refractivity contribution in [1.82, 2.24) is 4.57 Å². The summed E-state index contributed by atoms with van der Waals surface area (Å²) in [7, 11) is 0. The van der Waals surface area contributed by atoms with Crippen molar-refractivity contribution in [2.75, 3.05) is 0 Å². The molecule has 0 unspecified atom stereocenters. The Balaban J connectivity index is 2.29. The summed E-state index contributed by atoms with van der Waals surface area (Å²) < 4.78 is 2.29. The van der Waals surface area contributed by atoms with E-state index < -0.39 is 0 Å². The van der Waals surface area contributed by atoms with Gasteiger partial charge >= 0.3 is 0 Å². The Hall–Kier alpha value is -2.72. The summed E-state index contributed by atoms with van der Waals surface area (Å²) in [6.07, 6.45) is 2.18. The maximum absolute atomic E-state index is 3.31. The summed E-state index contributed by atoms with van der Waals surface area (Å²) in [5.74, 6) is 0. The first-order valence-corrected chi connectivity index (χ1v) is 6.74. The molecule has 0 N–H and O–H groups in total. The summed E-state index contributed by atoms with van der Waals surface area (Å²) in [4.78, 5) is 0. The maximum Gasteiger partial charge on any atom is 0.0634 e. The van der Waals surface area contributed by atoms with Crippen LogP contribution in [0.25, 0.3) is 28.4 Å². The smallest absolute Gasteiger partial charge is 0.0634 e. The van der Waals surface area contributed by atoms with Crippen LogP contribution in [0.3, 0.4) is 0 Å². The first kappa shape index (κ1) is 11.1. The zero-order valence-electron chi connectivity index (χ0n) is 11.2. The predicted molar refractivity (Wildman–Crippen MR) is 83.1 cm³/mol. The van der Waals surface area contributed by atoms with E-state index in [1.54, 1.807) is 0 Å². The van der Waals surface area contributed by atoms with Gasteiger partial charge in [0.15, 0.2) is 0 Å². The lowest BCUT2D eigenvalue weighted by atomic mass is 10.2. The zero-order valence-corrected chi connectivity index (χ0v) is 11.2. The van der Waals surface area contributed by atoms with Gasteiger partial charge in [-0.3, -0.25) is 0 Å². The van der Waals surface area contributed by atoms with Gasteiger partial charge in [0.2, 0.25) is 0 Å². The lowest BCUT2D eigenvalue weighted by Gasteiger charge is -2.06. The number of para-hydroxylation sites is 2. The number of hydrogen-bond acceptors (Lipinski definition) is 0. The van der Waals surface area contributed by atoms with E-state index in [0.717, 1.165) is 10.8 Å². The second kappa shape index (κ2) is 4.15. The average molecular weight is 255 g/mol. The SMILES string of the molecule is CC1=C=C=c2c(n(-c3ccccc3)c3ccccc23)=C1. The van der Waals surface area contributed by atoms with Gasteiger partial charge in [0.05, 0.1) is 16.1 Å². The molecule has 4 rings (SSSR count). The van der Waals surface area contributed by atoms with Crippen molar-refractivity contribution >= 4 is 22.7 Å². The summed E-state index contributed by atoms with van der Waals surface area (Å²) in [6, 6.07) is 18.9. The molecule has 1 heterocycles. The first-order chi connectivity index (χ1) is 9.84. The van der Waals surface area contributed by atoms with Crippen molar-refractivity contribution in [1.29, 1.82) is 0 Å². The van der Waals surface area contributed by atoms with Gasteiger partial charge in [0, 0.05) is 16.6 Å². The number of benzene rings is 2. The lowest BCUT2D eigenvalue weighted by molar-refractivity contribution is 1.07. The van der Waals surface area contributed by atoms with Crippen LogP contribution in [0.5, 0.6) is 0 Å². The fourth-order valence-electron chi connectivity index (χ4n) is 2.79. The van der Waals surface area contributed by atoms with Crippen molar-refractivity contribution in [2.45, 2.75) is 6.92 Å². The highest BCUT2D eigenvalue weighted by Crippen LogP contribution is 2.15. The Morgan fingerprint density at radius 2 is 1.60 bits per heavy atom. The minimum absolute atomic E-state index is 1.11. The highest BCUT2D eigenvalue weighted by Gasteiger charge is 2.09. The number of rotatable bonds is 1. The van der Waals surface area contributed by atoms with Crippen LogP contribution >= 0.6 is 0 Å². The zero-order chi connectivity index (χ0) is 13.5. The van der Waals surface area contributed by atoms with Gasteiger partial charge in [-0.15, -0.1) is 0 Å². The highest BCUT2D eigenvalue weighted by molar-refractivity contribution is 5.84. The number of nitrogens with zero attached hydrogens (tertiary/aromatic N) is 1. The number of hydrogen-bond donors (Lipinski definition) is 0. The van der Waals surface area contributed by atoms with Crippen LogP contribution in [0.1, 0.15) is 6.92 Å². The summed E-state index contributed by atoms with van der Waals surface area (Å²) in [6.45, 7) is 2.06. The van der Waals surface area contributed by atoms with Gasteiger partial charge in [-0.2, -0.15) is 0 Å². The Morgan fingerprint density at radius 1 is 0.850 bits per heavy atom. The van der Waals surface area contributed by atoms with Gasteiger partial charge < -0.3 is 4.57 Å². The van der Waals surface area contributed by atoms with Crippen molar-refractivity contribution in [2.24, 2.45) is 0 Å². The van der Waals surface area contributed by atoms with Gasteiger partial charge in [0.25, 0.3) is 0 Å². The minimum atomic E-state index is 1.11. The molecule has 0 radical (unpaired) electrons. The molecule has 0 fully saturated rings. The summed E-state index contributed by atoms with van der Waals surface area (Å²) in [5.41, 5.74) is 10.00. The predicted octanol–water partition coefficient (Wildman–Crippen LogP) is 2.91. The van der Waals surface area contributed by atoms with Gasteiger partial charge in [-0.25, -0.2) is 0 Å². The summed E-state index contributed by atoms with van der Waals surface area (Å²) >= 11 is 0. The van der Waals surface area contributed by atoms with Crippen LogP contribution in [-0.2, 0) is 0 Å². The van der Waals surface area contributed by atoms with Crippen molar-refractivity contribution < 1.29 is 0 Å². The topological polar surface area (TPSA) is 4.93 Å². The molecule has 2 aromatic carbocycles. The Bertz CT molecular complexity index is 1010. The van der Waals surface area contributed by atoms with E-state index in [2.05, 4.69) is 77.6 Å². The number of fused-ring (bicyclic) bond motifs is 3. The molecule has 1 heteroatoms. The second-order valence-electron chi connectivity index (χ2n) is 5.03. The fourth-order valence-corrected chi connectivity index (χ4v) is 2.79. The maximum atomic E-state index is 3.31. The molecule has 0 saturated heterocycles. The van der Waals surface area contributed by atoms with Gasteiger partial charge in [0.1, 0.15) is 0 Å². The number of aromatic nitrogens is 1. The Kier molecular flexibility index (Phi) is 2.31.